The average Bonchev–Trinajstić information content (AvgIpc) is 3.27. The Morgan fingerprint density at radius 2 is 1.66 bits per heavy atom. The van der Waals surface area contributed by atoms with E-state index in [4.69, 9.17) is 4.98 Å². The Hall–Kier alpha value is -3.59. The summed E-state index contributed by atoms with van der Waals surface area (Å²) in [6, 6.07) is 20.3. The highest BCUT2D eigenvalue weighted by atomic mass is 79.9. The highest BCUT2D eigenvalue weighted by molar-refractivity contribution is 9.10. The van der Waals surface area contributed by atoms with Crippen LogP contribution in [0.15, 0.2) is 83.5 Å². The molecule has 0 radical (unpaired) electrons. The number of imidazole rings is 1. The second-order valence-electron chi connectivity index (χ2n) is 7.77. The van der Waals surface area contributed by atoms with Gasteiger partial charge in [0.05, 0.1) is 18.4 Å². The average molecular weight is 544 g/mol. The molecule has 0 bridgehead atoms. The van der Waals surface area contributed by atoms with Crippen molar-refractivity contribution in [3.63, 3.8) is 0 Å². The Morgan fingerprint density at radius 3 is 2.26 bits per heavy atom. The number of hydrogen-bond acceptors (Lipinski definition) is 4. The lowest BCUT2D eigenvalue weighted by Crippen LogP contribution is -2.14. The van der Waals surface area contributed by atoms with Crippen molar-refractivity contribution >= 4 is 27.6 Å². The maximum absolute atomic E-state index is 13.0. The predicted molar refractivity (Wildman–Crippen MR) is 131 cm³/mol. The first-order valence-corrected chi connectivity index (χ1v) is 11.4. The van der Waals surface area contributed by atoms with Gasteiger partial charge in [0.25, 0.3) is 0 Å². The first-order valence-electron chi connectivity index (χ1n) is 10.6. The molecule has 35 heavy (non-hydrogen) atoms. The Bertz CT molecular complexity index is 1300. The molecule has 1 aromatic heterocycles. The lowest BCUT2D eigenvalue weighted by atomic mass is 10.1. The van der Waals surface area contributed by atoms with Crippen LogP contribution >= 0.6 is 15.9 Å². The maximum atomic E-state index is 13.0. The van der Waals surface area contributed by atoms with E-state index < -0.39 is 11.7 Å². The molecule has 0 amide bonds. The Labute approximate surface area is 208 Å². The van der Waals surface area contributed by atoms with Crippen LogP contribution in [0.1, 0.15) is 17.0 Å². The SMILES string of the molecule is COC(=O)CNc1ccc(-n2cc(-c3ccc(C(F)(F)F)cc3)nc2Cc2ccc(Br)cc2)cc1. The molecule has 0 atom stereocenters. The first-order chi connectivity index (χ1) is 16.7. The van der Waals surface area contributed by atoms with Gasteiger partial charge in [-0.15, -0.1) is 0 Å². The monoisotopic (exact) mass is 543 g/mol. The molecule has 0 unspecified atom stereocenters. The van der Waals surface area contributed by atoms with Gasteiger partial charge in [-0.05, 0) is 54.1 Å². The number of rotatable bonds is 7. The number of anilines is 1. The van der Waals surface area contributed by atoms with E-state index in [2.05, 4.69) is 26.0 Å². The van der Waals surface area contributed by atoms with Crippen LogP contribution < -0.4 is 5.32 Å². The number of nitrogens with one attached hydrogen (secondary N) is 1. The number of carbonyl (C=O) groups is 1. The third-order valence-electron chi connectivity index (χ3n) is 5.37. The van der Waals surface area contributed by atoms with Crippen LogP contribution in [0.4, 0.5) is 18.9 Å². The number of alkyl halides is 3. The molecule has 0 aliphatic carbocycles. The lowest BCUT2D eigenvalue weighted by molar-refractivity contribution is -0.139. The van der Waals surface area contributed by atoms with E-state index in [9.17, 15) is 18.0 Å². The maximum Gasteiger partial charge on any atom is 0.416 e. The minimum Gasteiger partial charge on any atom is -0.468 e. The molecule has 1 N–H and O–H groups in total. The summed E-state index contributed by atoms with van der Waals surface area (Å²) in [6.07, 6.45) is -2.06. The van der Waals surface area contributed by atoms with Crippen LogP contribution in [0.25, 0.3) is 16.9 Å². The van der Waals surface area contributed by atoms with Gasteiger partial charge in [-0.25, -0.2) is 4.98 Å². The van der Waals surface area contributed by atoms with Crippen molar-refractivity contribution in [2.24, 2.45) is 0 Å². The summed E-state index contributed by atoms with van der Waals surface area (Å²) in [5.74, 6) is 0.360. The van der Waals surface area contributed by atoms with Gasteiger partial charge in [-0.2, -0.15) is 13.2 Å². The summed E-state index contributed by atoms with van der Waals surface area (Å²) in [4.78, 5) is 16.1. The number of nitrogens with zero attached hydrogens (tertiary/aromatic N) is 2. The molecule has 0 aliphatic heterocycles. The van der Waals surface area contributed by atoms with E-state index in [1.807, 2.05) is 59.3 Å². The van der Waals surface area contributed by atoms with Crippen molar-refractivity contribution < 1.29 is 22.7 Å². The van der Waals surface area contributed by atoms with Gasteiger partial charge < -0.3 is 14.6 Å². The van der Waals surface area contributed by atoms with Gasteiger partial charge >= 0.3 is 12.1 Å². The van der Waals surface area contributed by atoms with E-state index in [1.165, 1.54) is 19.2 Å². The van der Waals surface area contributed by atoms with Crippen molar-refractivity contribution in [3.8, 4) is 16.9 Å². The molecule has 9 heteroatoms. The van der Waals surface area contributed by atoms with E-state index in [0.29, 0.717) is 17.7 Å². The fourth-order valence-electron chi connectivity index (χ4n) is 3.51. The highest BCUT2D eigenvalue weighted by Gasteiger charge is 2.30. The van der Waals surface area contributed by atoms with E-state index in [-0.39, 0.29) is 12.5 Å². The third kappa shape index (κ3) is 6.10. The molecule has 180 valence electrons. The van der Waals surface area contributed by atoms with E-state index in [1.54, 1.807) is 0 Å². The molecule has 4 rings (SSSR count). The zero-order chi connectivity index (χ0) is 25.0. The van der Waals surface area contributed by atoms with Crippen molar-refractivity contribution in [3.05, 3.63) is 100 Å². The van der Waals surface area contributed by atoms with Crippen LogP contribution in [0.2, 0.25) is 0 Å². The molecule has 0 saturated carbocycles. The zero-order valence-corrected chi connectivity index (χ0v) is 20.2. The largest absolute Gasteiger partial charge is 0.468 e. The van der Waals surface area contributed by atoms with Gasteiger partial charge in [-0.1, -0.05) is 40.2 Å². The molecule has 3 aromatic carbocycles. The minimum atomic E-state index is -4.39. The number of halogens is 4. The highest BCUT2D eigenvalue weighted by Crippen LogP contribution is 2.31. The van der Waals surface area contributed by atoms with Crippen molar-refractivity contribution in [2.45, 2.75) is 12.6 Å². The summed E-state index contributed by atoms with van der Waals surface area (Å²) in [6.45, 7) is 0.0494. The van der Waals surface area contributed by atoms with Gasteiger partial charge in [0.1, 0.15) is 12.4 Å². The van der Waals surface area contributed by atoms with Crippen LogP contribution in [-0.4, -0.2) is 29.2 Å². The number of hydrogen-bond donors (Lipinski definition) is 1. The smallest absolute Gasteiger partial charge is 0.416 e. The van der Waals surface area contributed by atoms with Crippen molar-refractivity contribution in [1.29, 1.82) is 0 Å². The van der Waals surface area contributed by atoms with Crippen molar-refractivity contribution in [1.82, 2.24) is 9.55 Å². The van der Waals surface area contributed by atoms with Crippen LogP contribution in [0.5, 0.6) is 0 Å². The Balaban J connectivity index is 1.67. The molecular weight excluding hydrogens is 523 g/mol. The van der Waals surface area contributed by atoms with Crippen LogP contribution in [0, 0.1) is 0 Å². The minimum absolute atomic E-state index is 0.0494. The van der Waals surface area contributed by atoms with Gasteiger partial charge in [-0.3, -0.25) is 4.79 Å². The number of aromatic nitrogens is 2. The van der Waals surface area contributed by atoms with E-state index in [0.717, 1.165) is 39.4 Å². The summed E-state index contributed by atoms with van der Waals surface area (Å²) in [5, 5.41) is 2.99. The molecule has 1 heterocycles. The quantitative estimate of drug-likeness (QED) is 0.270. The van der Waals surface area contributed by atoms with Gasteiger partial charge in [0, 0.05) is 34.0 Å². The van der Waals surface area contributed by atoms with Gasteiger partial charge in [0.2, 0.25) is 0 Å². The molecule has 0 spiro atoms. The number of benzene rings is 3. The molecule has 0 fully saturated rings. The third-order valence-corrected chi connectivity index (χ3v) is 5.90. The summed E-state index contributed by atoms with van der Waals surface area (Å²) >= 11 is 3.43. The van der Waals surface area contributed by atoms with E-state index >= 15 is 0 Å². The Kier molecular flexibility index (Phi) is 7.25. The van der Waals surface area contributed by atoms with Crippen LogP contribution in [0.3, 0.4) is 0 Å². The Morgan fingerprint density at radius 1 is 1.00 bits per heavy atom. The summed E-state index contributed by atoms with van der Waals surface area (Å²) in [7, 11) is 1.33. The fraction of sp³-hybridized carbons (Fsp3) is 0.154. The standard InChI is InChI=1S/C26H21BrF3N3O2/c1-35-25(34)15-31-21-10-12-22(13-11-21)33-16-23(18-4-6-19(7-5-18)26(28,29)30)32-24(33)14-17-2-8-20(27)9-3-17/h2-13,16,31H,14-15H2,1H3. The molecule has 4 aromatic rings. The number of ether oxygens (including phenoxy) is 1. The zero-order valence-electron chi connectivity index (χ0n) is 18.6. The predicted octanol–water partition coefficient (Wildman–Crippen LogP) is 6.50. The van der Waals surface area contributed by atoms with Crippen molar-refractivity contribution in [2.75, 3.05) is 19.0 Å². The molecule has 0 aliphatic rings. The molecule has 0 saturated heterocycles. The normalized spacial score (nSPS) is 11.3. The molecular formula is C26H21BrF3N3O2. The van der Waals surface area contributed by atoms with Crippen LogP contribution in [-0.2, 0) is 22.1 Å². The first kappa shape index (κ1) is 24.5. The second-order valence-corrected chi connectivity index (χ2v) is 8.68. The number of methoxy groups -OCH3 is 1. The summed E-state index contributed by atoms with van der Waals surface area (Å²) in [5.41, 5.74) is 3.06. The number of carbonyl (C=O) groups excluding carboxylic acids is 1. The molecule has 5 nitrogen and oxygen atoms in total. The summed E-state index contributed by atoms with van der Waals surface area (Å²) < 4.78 is 46.5. The fourth-order valence-corrected chi connectivity index (χ4v) is 3.77. The van der Waals surface area contributed by atoms with Gasteiger partial charge in [0.15, 0.2) is 0 Å². The number of esters is 1. The lowest BCUT2D eigenvalue weighted by Gasteiger charge is -2.10. The second kappa shape index (κ2) is 10.4. The topological polar surface area (TPSA) is 56.1 Å².